The minimum Gasteiger partial charge on any atom is -0.364 e. The fourth-order valence-corrected chi connectivity index (χ4v) is 2.92. The lowest BCUT2D eigenvalue weighted by Gasteiger charge is -2.06. The van der Waals surface area contributed by atoms with Gasteiger partial charge in [-0.15, -0.1) is 0 Å². The Balaban J connectivity index is 1.75. The van der Waals surface area contributed by atoms with Crippen molar-refractivity contribution in [2.24, 2.45) is 5.73 Å². The predicted molar refractivity (Wildman–Crippen MR) is 98.5 cm³/mol. The zero-order valence-corrected chi connectivity index (χ0v) is 14.3. The van der Waals surface area contributed by atoms with Gasteiger partial charge in [0, 0.05) is 24.0 Å². The van der Waals surface area contributed by atoms with Crippen LogP contribution in [0.2, 0.25) is 0 Å². The molecule has 0 aliphatic rings. The highest BCUT2D eigenvalue weighted by atomic mass is 19.1. The molecule has 0 aliphatic carbocycles. The molecule has 1 aromatic carbocycles. The molecule has 0 spiro atoms. The molecule has 27 heavy (non-hydrogen) atoms. The lowest BCUT2D eigenvalue weighted by Crippen LogP contribution is -2.14. The van der Waals surface area contributed by atoms with Gasteiger partial charge in [-0.05, 0) is 54.8 Å². The summed E-state index contributed by atoms with van der Waals surface area (Å²) in [5.41, 5.74) is 9.36. The number of benzene rings is 1. The number of hydrogen-bond donors (Lipinski definition) is 1. The van der Waals surface area contributed by atoms with Gasteiger partial charge in [0.1, 0.15) is 11.5 Å². The highest BCUT2D eigenvalue weighted by Gasteiger charge is 2.14. The Morgan fingerprint density at radius 3 is 2.63 bits per heavy atom. The Kier molecular flexibility index (Phi) is 4.33. The Labute approximate surface area is 154 Å². The van der Waals surface area contributed by atoms with Gasteiger partial charge in [-0.25, -0.2) is 13.9 Å². The number of halogens is 1. The second-order valence-electron chi connectivity index (χ2n) is 6.16. The quantitative estimate of drug-likeness (QED) is 0.592. The molecule has 2 N–H and O–H groups in total. The summed E-state index contributed by atoms with van der Waals surface area (Å²) < 4.78 is 14.9. The summed E-state index contributed by atoms with van der Waals surface area (Å²) in [5, 5.41) is 4.61. The molecule has 3 aromatic heterocycles. The normalized spacial score (nSPS) is 11.0. The zero-order chi connectivity index (χ0) is 18.8. The maximum Gasteiger partial charge on any atom is 0.267 e. The fraction of sp³-hybridized carbons (Fsp3) is 0.100. The van der Waals surface area contributed by atoms with Crippen molar-refractivity contribution in [3.05, 3.63) is 83.7 Å². The number of carbonyl (C=O) groups is 1. The van der Waals surface area contributed by atoms with Gasteiger partial charge in [0.25, 0.3) is 5.91 Å². The summed E-state index contributed by atoms with van der Waals surface area (Å²) >= 11 is 0. The summed E-state index contributed by atoms with van der Waals surface area (Å²) in [5.74, 6) is -0.962. The second kappa shape index (κ2) is 6.95. The van der Waals surface area contributed by atoms with E-state index in [-0.39, 0.29) is 11.5 Å². The number of hydrogen-bond acceptors (Lipinski definition) is 4. The monoisotopic (exact) mass is 361 g/mol. The van der Waals surface area contributed by atoms with Gasteiger partial charge in [-0.2, -0.15) is 5.10 Å². The summed E-state index contributed by atoms with van der Waals surface area (Å²) in [6.45, 7) is 0. The molecule has 0 saturated carbocycles. The molecule has 0 fully saturated rings. The minimum atomic E-state index is -0.626. The summed E-state index contributed by atoms with van der Waals surface area (Å²) in [7, 11) is 0. The van der Waals surface area contributed by atoms with Gasteiger partial charge in [0.15, 0.2) is 5.65 Å². The predicted octanol–water partition coefficient (Wildman–Crippen LogP) is 2.81. The first kappa shape index (κ1) is 16.8. The van der Waals surface area contributed by atoms with E-state index in [0.29, 0.717) is 23.3 Å². The van der Waals surface area contributed by atoms with Gasteiger partial charge in [-0.1, -0.05) is 6.07 Å². The van der Waals surface area contributed by atoms with Gasteiger partial charge in [0.05, 0.1) is 11.4 Å². The van der Waals surface area contributed by atoms with E-state index in [2.05, 4.69) is 15.1 Å². The lowest BCUT2D eigenvalue weighted by molar-refractivity contribution is 0.0995. The van der Waals surface area contributed by atoms with Crippen LogP contribution < -0.4 is 5.73 Å². The number of aromatic nitrogens is 4. The number of aryl methyl sites for hydroxylation is 2. The zero-order valence-electron chi connectivity index (χ0n) is 14.3. The molecular formula is C20H16FN5O. The number of nitrogens with zero attached hydrogens (tertiary/aromatic N) is 4. The molecule has 6 nitrogen and oxygen atoms in total. The Morgan fingerprint density at radius 2 is 1.93 bits per heavy atom. The lowest BCUT2D eigenvalue weighted by atomic mass is 10.1. The maximum absolute atomic E-state index is 13.3. The van der Waals surface area contributed by atoms with Crippen molar-refractivity contribution in [1.29, 1.82) is 0 Å². The molecule has 0 aliphatic heterocycles. The molecule has 0 saturated heterocycles. The van der Waals surface area contributed by atoms with Crippen LogP contribution in [0.5, 0.6) is 0 Å². The number of amides is 1. The van der Waals surface area contributed by atoms with E-state index in [1.807, 2.05) is 24.4 Å². The van der Waals surface area contributed by atoms with Crippen LogP contribution in [-0.4, -0.2) is 25.5 Å². The molecule has 7 heteroatoms. The molecule has 4 aromatic rings. The van der Waals surface area contributed by atoms with Crippen LogP contribution in [0.15, 0.2) is 60.9 Å². The van der Waals surface area contributed by atoms with Crippen LogP contribution >= 0.6 is 0 Å². The average molecular weight is 361 g/mol. The Bertz CT molecular complexity index is 1110. The topological polar surface area (TPSA) is 86.2 Å². The number of carbonyl (C=O) groups excluding carboxylic acids is 1. The van der Waals surface area contributed by atoms with Crippen molar-refractivity contribution in [2.45, 2.75) is 12.8 Å². The van der Waals surface area contributed by atoms with E-state index < -0.39 is 5.91 Å². The Morgan fingerprint density at radius 1 is 1.11 bits per heavy atom. The summed E-state index contributed by atoms with van der Waals surface area (Å²) in [6, 6.07) is 13.3. The third-order valence-corrected chi connectivity index (χ3v) is 4.26. The summed E-state index contributed by atoms with van der Waals surface area (Å²) in [4.78, 5) is 20.1. The first-order valence-corrected chi connectivity index (χ1v) is 8.44. The fourth-order valence-electron chi connectivity index (χ4n) is 2.92. The van der Waals surface area contributed by atoms with Crippen LogP contribution in [0.25, 0.3) is 16.9 Å². The van der Waals surface area contributed by atoms with Crippen LogP contribution in [0, 0.1) is 5.82 Å². The number of fused-ring (bicyclic) bond motifs is 1. The number of nitrogens with two attached hydrogens (primary N) is 1. The van der Waals surface area contributed by atoms with Crippen molar-refractivity contribution in [2.75, 3.05) is 0 Å². The van der Waals surface area contributed by atoms with Gasteiger partial charge >= 0.3 is 0 Å². The molecule has 1 amide bonds. The Hall–Kier alpha value is -3.61. The molecule has 0 atom stereocenters. The number of pyridine rings is 1. The first-order valence-electron chi connectivity index (χ1n) is 8.44. The van der Waals surface area contributed by atoms with E-state index in [9.17, 15) is 9.18 Å². The van der Waals surface area contributed by atoms with Crippen molar-refractivity contribution in [3.63, 3.8) is 0 Å². The van der Waals surface area contributed by atoms with Crippen LogP contribution in [0.1, 0.15) is 21.7 Å². The second-order valence-corrected chi connectivity index (χ2v) is 6.16. The molecule has 0 radical (unpaired) electrons. The molecule has 0 unspecified atom stereocenters. The van der Waals surface area contributed by atoms with Crippen molar-refractivity contribution in [3.8, 4) is 11.3 Å². The maximum atomic E-state index is 13.3. The highest BCUT2D eigenvalue weighted by molar-refractivity contribution is 5.92. The summed E-state index contributed by atoms with van der Waals surface area (Å²) in [6.07, 6.45) is 5.04. The molecule has 0 bridgehead atoms. The number of primary amides is 1. The molecular weight excluding hydrogens is 345 g/mol. The van der Waals surface area contributed by atoms with Gasteiger partial charge < -0.3 is 5.73 Å². The standard InChI is InChI=1S/C20H16FN5O/c21-15-6-4-14(5-7-15)18-11-17(20(22)27)24-19-10-16(25-26(18)19)8-3-13-2-1-9-23-12-13/h1-2,4-7,9-12H,3,8H2,(H2,22,27). The van der Waals surface area contributed by atoms with E-state index in [0.717, 1.165) is 17.7 Å². The smallest absolute Gasteiger partial charge is 0.267 e. The third kappa shape index (κ3) is 3.52. The van der Waals surface area contributed by atoms with Gasteiger partial charge in [-0.3, -0.25) is 9.78 Å². The van der Waals surface area contributed by atoms with E-state index in [1.165, 1.54) is 12.1 Å². The molecule has 4 rings (SSSR count). The van der Waals surface area contributed by atoms with E-state index >= 15 is 0 Å². The van der Waals surface area contributed by atoms with Crippen molar-refractivity contribution < 1.29 is 9.18 Å². The van der Waals surface area contributed by atoms with E-state index in [1.54, 1.807) is 28.9 Å². The first-order chi connectivity index (χ1) is 13.1. The SMILES string of the molecule is NC(=O)c1cc(-c2ccc(F)cc2)n2nc(CCc3cccnc3)cc2n1. The third-order valence-electron chi connectivity index (χ3n) is 4.26. The van der Waals surface area contributed by atoms with Crippen LogP contribution in [0.4, 0.5) is 4.39 Å². The largest absolute Gasteiger partial charge is 0.364 e. The average Bonchev–Trinajstić information content (AvgIpc) is 3.10. The van der Waals surface area contributed by atoms with E-state index in [4.69, 9.17) is 5.73 Å². The van der Waals surface area contributed by atoms with Crippen LogP contribution in [0.3, 0.4) is 0 Å². The van der Waals surface area contributed by atoms with Crippen molar-refractivity contribution in [1.82, 2.24) is 19.6 Å². The van der Waals surface area contributed by atoms with Gasteiger partial charge in [0.2, 0.25) is 0 Å². The van der Waals surface area contributed by atoms with Crippen molar-refractivity contribution >= 4 is 11.6 Å². The van der Waals surface area contributed by atoms with Crippen LogP contribution in [-0.2, 0) is 12.8 Å². The highest BCUT2D eigenvalue weighted by Crippen LogP contribution is 2.22. The number of rotatable bonds is 5. The molecule has 3 heterocycles. The minimum absolute atomic E-state index is 0.139. The molecule has 134 valence electrons.